The predicted octanol–water partition coefficient (Wildman–Crippen LogP) is 4.30. The number of aromatic nitrogens is 3. The molecule has 0 fully saturated rings. The Morgan fingerprint density at radius 2 is 1.76 bits per heavy atom. The molecule has 34 heavy (non-hydrogen) atoms. The molecule has 176 valence electrons. The lowest BCUT2D eigenvalue weighted by Gasteiger charge is -2.14. The van der Waals surface area contributed by atoms with Crippen molar-refractivity contribution in [3.8, 4) is 22.9 Å². The van der Waals surface area contributed by atoms with Crippen molar-refractivity contribution in [3.05, 3.63) is 60.4 Å². The van der Waals surface area contributed by atoms with Crippen LogP contribution in [-0.2, 0) is 16.0 Å². The minimum Gasteiger partial charge on any atom is -0.493 e. The normalized spacial score (nSPS) is 10.7. The van der Waals surface area contributed by atoms with Crippen LogP contribution in [0.3, 0.4) is 0 Å². The molecule has 9 nitrogen and oxygen atoms in total. The molecule has 2 heterocycles. The molecule has 0 saturated heterocycles. The molecule has 0 aliphatic heterocycles. The van der Waals surface area contributed by atoms with E-state index in [2.05, 4.69) is 10.3 Å². The highest BCUT2D eigenvalue weighted by molar-refractivity contribution is 5.79. The van der Waals surface area contributed by atoms with Crippen LogP contribution in [-0.4, -0.2) is 48.9 Å². The molecule has 4 aromatic rings. The van der Waals surface area contributed by atoms with Crippen molar-refractivity contribution in [1.29, 1.82) is 0 Å². The molecule has 2 aromatic carbocycles. The number of carbonyl (C=O) groups is 1. The molecule has 0 atom stereocenters. The Morgan fingerprint density at radius 1 is 1.00 bits per heavy atom. The van der Waals surface area contributed by atoms with Gasteiger partial charge in [-0.2, -0.15) is 4.98 Å². The molecule has 1 N–H and O–H groups in total. The molecule has 0 aliphatic rings. The van der Waals surface area contributed by atoms with Gasteiger partial charge < -0.3 is 28.8 Å². The molecular formula is C25H26N4O5. The van der Waals surface area contributed by atoms with Crippen LogP contribution in [0.5, 0.6) is 17.2 Å². The summed E-state index contributed by atoms with van der Waals surface area (Å²) in [5.74, 6) is 1.75. The van der Waals surface area contributed by atoms with Gasteiger partial charge in [0.05, 0.1) is 28.4 Å². The van der Waals surface area contributed by atoms with Gasteiger partial charge in [-0.15, -0.1) is 0 Å². The first-order chi connectivity index (χ1) is 16.6. The Kier molecular flexibility index (Phi) is 6.82. The number of benzene rings is 2. The van der Waals surface area contributed by atoms with Crippen LogP contribution in [0, 0.1) is 0 Å². The van der Waals surface area contributed by atoms with Crippen molar-refractivity contribution in [1.82, 2.24) is 14.5 Å². The van der Waals surface area contributed by atoms with E-state index in [1.165, 1.54) is 7.11 Å². The van der Waals surface area contributed by atoms with E-state index in [-0.39, 0.29) is 5.97 Å². The molecule has 0 spiro atoms. The number of esters is 1. The summed E-state index contributed by atoms with van der Waals surface area (Å²) in [6, 6.07) is 13.5. The minimum absolute atomic E-state index is 0.230. The van der Waals surface area contributed by atoms with Crippen LogP contribution < -0.4 is 19.5 Å². The summed E-state index contributed by atoms with van der Waals surface area (Å²) in [6.07, 6.45) is 4.64. The standard InChI is InChI=1S/C25H26N4O5/c1-31-20-13-18(14-21(32-2)23(20)34-4)27-25-26-15-17-10-11-29(24(17)28-25)19-7-5-6-16(12-19)8-9-22(30)33-3/h5-7,10-15H,8-9H2,1-4H3,(H,26,27,28). The molecular weight excluding hydrogens is 436 g/mol. The van der Waals surface area contributed by atoms with Crippen molar-refractivity contribution in [2.24, 2.45) is 0 Å². The maximum atomic E-state index is 11.5. The van der Waals surface area contributed by atoms with Gasteiger partial charge >= 0.3 is 5.97 Å². The predicted molar refractivity (Wildman–Crippen MR) is 129 cm³/mol. The second-order valence-corrected chi connectivity index (χ2v) is 7.44. The van der Waals surface area contributed by atoms with Crippen molar-refractivity contribution in [3.63, 3.8) is 0 Å². The highest BCUT2D eigenvalue weighted by Crippen LogP contribution is 2.40. The topological polar surface area (TPSA) is 96.7 Å². The summed E-state index contributed by atoms with van der Waals surface area (Å²) < 4.78 is 23.0. The Hall–Kier alpha value is -4.27. The van der Waals surface area contributed by atoms with E-state index in [0.29, 0.717) is 41.7 Å². The second kappa shape index (κ2) is 10.1. The number of nitrogens with one attached hydrogen (secondary N) is 1. The molecule has 0 amide bonds. The molecule has 0 radical (unpaired) electrons. The zero-order valence-corrected chi connectivity index (χ0v) is 19.5. The molecule has 0 bridgehead atoms. The van der Waals surface area contributed by atoms with Gasteiger partial charge in [-0.1, -0.05) is 12.1 Å². The molecule has 0 saturated carbocycles. The average molecular weight is 463 g/mol. The van der Waals surface area contributed by atoms with E-state index in [9.17, 15) is 4.79 Å². The van der Waals surface area contributed by atoms with Gasteiger partial charge in [0.15, 0.2) is 11.5 Å². The number of nitrogens with zero attached hydrogens (tertiary/aromatic N) is 3. The number of fused-ring (bicyclic) bond motifs is 1. The fourth-order valence-corrected chi connectivity index (χ4v) is 3.68. The Bertz CT molecular complexity index is 1290. The third-order valence-corrected chi connectivity index (χ3v) is 5.38. The summed E-state index contributed by atoms with van der Waals surface area (Å²) >= 11 is 0. The van der Waals surface area contributed by atoms with Gasteiger partial charge in [0.2, 0.25) is 11.7 Å². The van der Waals surface area contributed by atoms with Crippen LogP contribution in [0.25, 0.3) is 16.7 Å². The summed E-state index contributed by atoms with van der Waals surface area (Å²) in [5.41, 5.74) is 3.41. The first kappa shape index (κ1) is 22.9. The van der Waals surface area contributed by atoms with Crippen molar-refractivity contribution >= 4 is 28.6 Å². The molecule has 9 heteroatoms. The molecule has 4 rings (SSSR count). The summed E-state index contributed by atoms with van der Waals surface area (Å²) in [4.78, 5) is 20.7. The van der Waals surface area contributed by atoms with E-state index in [4.69, 9.17) is 23.9 Å². The number of hydrogen-bond donors (Lipinski definition) is 1. The van der Waals surface area contributed by atoms with Gasteiger partial charge in [-0.25, -0.2) is 4.98 Å². The van der Waals surface area contributed by atoms with Gasteiger partial charge in [0.25, 0.3) is 0 Å². The highest BCUT2D eigenvalue weighted by Gasteiger charge is 2.15. The first-order valence-corrected chi connectivity index (χ1v) is 10.6. The lowest BCUT2D eigenvalue weighted by molar-refractivity contribution is -0.140. The third-order valence-electron chi connectivity index (χ3n) is 5.38. The summed E-state index contributed by atoms with van der Waals surface area (Å²) in [6.45, 7) is 0. The fraction of sp³-hybridized carbons (Fsp3) is 0.240. The van der Waals surface area contributed by atoms with E-state index < -0.39 is 0 Å². The number of anilines is 2. The Labute approximate surface area is 197 Å². The smallest absolute Gasteiger partial charge is 0.305 e. The quantitative estimate of drug-likeness (QED) is 0.368. The lowest BCUT2D eigenvalue weighted by Crippen LogP contribution is -2.03. The van der Waals surface area contributed by atoms with Crippen molar-refractivity contribution < 1.29 is 23.7 Å². The number of hydrogen-bond acceptors (Lipinski definition) is 8. The second-order valence-electron chi connectivity index (χ2n) is 7.44. The molecule has 0 aliphatic carbocycles. The molecule has 2 aromatic heterocycles. The maximum Gasteiger partial charge on any atom is 0.305 e. The number of ether oxygens (including phenoxy) is 4. The van der Waals surface area contributed by atoms with Gasteiger partial charge in [0.1, 0.15) is 5.65 Å². The van der Waals surface area contributed by atoms with Gasteiger partial charge in [0, 0.05) is 47.7 Å². The Balaban J connectivity index is 1.65. The van der Waals surface area contributed by atoms with Gasteiger partial charge in [-0.3, -0.25) is 4.79 Å². The van der Waals surface area contributed by atoms with Crippen LogP contribution >= 0.6 is 0 Å². The van der Waals surface area contributed by atoms with Crippen LogP contribution in [0.2, 0.25) is 0 Å². The van der Waals surface area contributed by atoms with Crippen LogP contribution in [0.15, 0.2) is 54.9 Å². The highest BCUT2D eigenvalue weighted by atomic mass is 16.5. The van der Waals surface area contributed by atoms with Crippen LogP contribution in [0.4, 0.5) is 11.6 Å². The number of methoxy groups -OCH3 is 4. The molecule has 0 unspecified atom stereocenters. The fourth-order valence-electron chi connectivity index (χ4n) is 3.68. The summed E-state index contributed by atoms with van der Waals surface area (Å²) in [5, 5.41) is 4.11. The van der Waals surface area contributed by atoms with Crippen molar-refractivity contribution in [2.45, 2.75) is 12.8 Å². The number of carbonyl (C=O) groups excluding carboxylic acids is 1. The average Bonchev–Trinajstić information content (AvgIpc) is 3.30. The van der Waals surface area contributed by atoms with E-state index in [1.54, 1.807) is 39.7 Å². The number of aryl methyl sites for hydroxylation is 1. The summed E-state index contributed by atoms with van der Waals surface area (Å²) in [7, 11) is 6.09. The van der Waals surface area contributed by atoms with E-state index in [0.717, 1.165) is 22.3 Å². The largest absolute Gasteiger partial charge is 0.493 e. The van der Waals surface area contributed by atoms with Gasteiger partial charge in [-0.05, 0) is 30.2 Å². The van der Waals surface area contributed by atoms with E-state index >= 15 is 0 Å². The number of rotatable bonds is 9. The monoisotopic (exact) mass is 462 g/mol. The van der Waals surface area contributed by atoms with Crippen LogP contribution in [0.1, 0.15) is 12.0 Å². The lowest BCUT2D eigenvalue weighted by atomic mass is 10.1. The zero-order chi connectivity index (χ0) is 24.1. The van der Waals surface area contributed by atoms with Crippen molar-refractivity contribution in [2.75, 3.05) is 33.8 Å². The zero-order valence-electron chi connectivity index (χ0n) is 19.5. The minimum atomic E-state index is -0.230. The van der Waals surface area contributed by atoms with E-state index in [1.807, 2.05) is 41.1 Å². The third kappa shape index (κ3) is 4.73. The first-order valence-electron chi connectivity index (χ1n) is 10.6. The SMILES string of the molecule is COC(=O)CCc1cccc(-n2ccc3cnc(Nc4cc(OC)c(OC)c(OC)c4)nc32)c1. The Morgan fingerprint density at radius 3 is 2.44 bits per heavy atom. The maximum absolute atomic E-state index is 11.5.